The third-order valence-corrected chi connectivity index (χ3v) is 4.39. The first-order valence-electron chi connectivity index (χ1n) is 6.83. The molecule has 0 unspecified atom stereocenters. The summed E-state index contributed by atoms with van der Waals surface area (Å²) in [6.45, 7) is 8.61. The van der Waals surface area contributed by atoms with Crippen molar-refractivity contribution in [2.75, 3.05) is 5.73 Å². The number of rotatable bonds is 3. The molecule has 0 aliphatic rings. The molecule has 0 radical (unpaired) electrons. The predicted octanol–water partition coefficient (Wildman–Crippen LogP) is 4.58. The Kier molecular flexibility index (Phi) is 4.62. The van der Waals surface area contributed by atoms with Gasteiger partial charge in [-0.25, -0.2) is 9.97 Å². The van der Waals surface area contributed by atoms with Crippen LogP contribution in [0.3, 0.4) is 0 Å². The Hall–Kier alpha value is -1.17. The summed E-state index contributed by atoms with van der Waals surface area (Å²) in [7, 11) is 0. The largest absolute Gasteiger partial charge is 0.383 e. The molecule has 0 spiro atoms. The minimum absolute atomic E-state index is 0.334. The molecular formula is C16H20IN3. The summed E-state index contributed by atoms with van der Waals surface area (Å²) in [4.78, 5) is 9.10. The van der Waals surface area contributed by atoms with E-state index in [1.54, 1.807) is 0 Å². The van der Waals surface area contributed by atoms with E-state index >= 15 is 0 Å². The van der Waals surface area contributed by atoms with Crippen LogP contribution < -0.4 is 5.73 Å². The van der Waals surface area contributed by atoms with Crippen molar-refractivity contribution in [2.45, 2.75) is 39.5 Å². The lowest BCUT2D eigenvalue weighted by molar-refractivity contribution is 0.810. The van der Waals surface area contributed by atoms with Gasteiger partial charge in [0.15, 0.2) is 5.82 Å². The van der Waals surface area contributed by atoms with Gasteiger partial charge in [0.25, 0.3) is 0 Å². The molecule has 2 N–H and O–H groups in total. The smallest absolute Gasteiger partial charge is 0.161 e. The maximum atomic E-state index is 6.02. The van der Waals surface area contributed by atoms with Crippen molar-refractivity contribution in [2.24, 2.45) is 0 Å². The van der Waals surface area contributed by atoms with Gasteiger partial charge in [-0.3, -0.25) is 0 Å². The van der Waals surface area contributed by atoms with Crippen LogP contribution in [0.1, 0.15) is 50.8 Å². The third kappa shape index (κ3) is 3.11. The van der Waals surface area contributed by atoms with Crippen molar-refractivity contribution in [3.8, 4) is 11.4 Å². The van der Waals surface area contributed by atoms with Gasteiger partial charge in [-0.1, -0.05) is 52.0 Å². The quantitative estimate of drug-likeness (QED) is 0.792. The highest BCUT2D eigenvalue weighted by Crippen LogP contribution is 2.27. The Morgan fingerprint density at radius 1 is 0.950 bits per heavy atom. The summed E-state index contributed by atoms with van der Waals surface area (Å²) in [6.07, 6.45) is 0. The second-order valence-corrected chi connectivity index (χ2v) is 6.64. The van der Waals surface area contributed by atoms with Crippen molar-refractivity contribution < 1.29 is 0 Å². The third-order valence-electron chi connectivity index (χ3n) is 3.28. The molecule has 1 heterocycles. The molecule has 3 nitrogen and oxygen atoms in total. The molecule has 0 saturated carbocycles. The Balaban J connectivity index is 2.47. The Morgan fingerprint density at radius 3 is 2.05 bits per heavy atom. The molecule has 0 fully saturated rings. The van der Waals surface area contributed by atoms with E-state index in [2.05, 4.69) is 84.5 Å². The Labute approximate surface area is 134 Å². The average molecular weight is 381 g/mol. The standard InChI is InChI=1S/C16H20IN3/c1-9(2)11-5-7-12(8-6-11)16-19-14(10(3)4)13(17)15(18)20-16/h5-10H,1-4H3,(H2,18,19,20). The van der Waals surface area contributed by atoms with Gasteiger partial charge < -0.3 is 5.73 Å². The number of halogens is 1. The zero-order chi connectivity index (χ0) is 14.9. The highest BCUT2D eigenvalue weighted by molar-refractivity contribution is 14.1. The molecule has 106 valence electrons. The zero-order valence-electron chi connectivity index (χ0n) is 12.3. The van der Waals surface area contributed by atoms with E-state index < -0.39 is 0 Å². The fourth-order valence-electron chi connectivity index (χ4n) is 2.01. The molecule has 0 saturated heterocycles. The van der Waals surface area contributed by atoms with Crippen LogP contribution in [-0.4, -0.2) is 9.97 Å². The van der Waals surface area contributed by atoms with Crippen molar-refractivity contribution in [1.29, 1.82) is 0 Å². The van der Waals surface area contributed by atoms with Gasteiger partial charge in [0, 0.05) is 5.56 Å². The van der Waals surface area contributed by atoms with Crippen LogP contribution in [0.25, 0.3) is 11.4 Å². The lowest BCUT2D eigenvalue weighted by atomic mass is 10.0. The van der Waals surface area contributed by atoms with Gasteiger partial charge in [-0.2, -0.15) is 0 Å². The van der Waals surface area contributed by atoms with Gasteiger partial charge in [-0.15, -0.1) is 0 Å². The monoisotopic (exact) mass is 381 g/mol. The van der Waals surface area contributed by atoms with Crippen LogP contribution in [0.4, 0.5) is 5.82 Å². The van der Waals surface area contributed by atoms with Gasteiger partial charge >= 0.3 is 0 Å². The Bertz CT molecular complexity index is 604. The molecule has 0 amide bonds. The zero-order valence-corrected chi connectivity index (χ0v) is 14.5. The predicted molar refractivity (Wildman–Crippen MR) is 92.8 cm³/mol. The van der Waals surface area contributed by atoms with Crippen molar-refractivity contribution in [1.82, 2.24) is 9.97 Å². The number of hydrogen-bond donors (Lipinski definition) is 1. The van der Waals surface area contributed by atoms with Crippen LogP contribution in [0, 0.1) is 3.57 Å². The molecule has 20 heavy (non-hydrogen) atoms. The first-order chi connectivity index (χ1) is 9.40. The molecular weight excluding hydrogens is 361 g/mol. The summed E-state index contributed by atoms with van der Waals surface area (Å²) >= 11 is 2.22. The summed E-state index contributed by atoms with van der Waals surface area (Å²) in [5.74, 6) is 2.13. The highest BCUT2D eigenvalue weighted by Gasteiger charge is 2.14. The van der Waals surface area contributed by atoms with E-state index in [1.807, 2.05) is 0 Å². The summed E-state index contributed by atoms with van der Waals surface area (Å²) < 4.78 is 0.958. The number of nitrogens with two attached hydrogens (primary N) is 1. The molecule has 1 aromatic heterocycles. The van der Waals surface area contributed by atoms with E-state index in [9.17, 15) is 0 Å². The van der Waals surface area contributed by atoms with Crippen LogP contribution in [-0.2, 0) is 0 Å². The number of benzene rings is 1. The van der Waals surface area contributed by atoms with Gasteiger partial charge in [0.05, 0.1) is 9.26 Å². The minimum Gasteiger partial charge on any atom is -0.383 e. The van der Waals surface area contributed by atoms with Gasteiger partial charge in [0.2, 0.25) is 0 Å². The van der Waals surface area contributed by atoms with Crippen LogP contribution in [0.15, 0.2) is 24.3 Å². The maximum absolute atomic E-state index is 6.02. The molecule has 0 aliphatic carbocycles. The average Bonchev–Trinajstić information content (AvgIpc) is 2.41. The number of aromatic nitrogens is 2. The first-order valence-corrected chi connectivity index (χ1v) is 7.91. The fourth-order valence-corrected chi connectivity index (χ4v) is 2.88. The lowest BCUT2D eigenvalue weighted by Crippen LogP contribution is -2.06. The molecule has 2 rings (SSSR count). The minimum atomic E-state index is 0.334. The van der Waals surface area contributed by atoms with Crippen molar-refractivity contribution >= 4 is 28.4 Å². The number of anilines is 1. The van der Waals surface area contributed by atoms with E-state index in [4.69, 9.17) is 5.73 Å². The molecule has 0 atom stereocenters. The van der Waals surface area contributed by atoms with E-state index in [0.29, 0.717) is 23.5 Å². The SMILES string of the molecule is CC(C)c1ccc(-c2nc(N)c(I)c(C(C)C)n2)cc1. The molecule has 0 aliphatic heterocycles. The maximum Gasteiger partial charge on any atom is 0.161 e. The lowest BCUT2D eigenvalue weighted by Gasteiger charge is -2.12. The fraction of sp³-hybridized carbons (Fsp3) is 0.375. The van der Waals surface area contributed by atoms with Gasteiger partial charge in [-0.05, 0) is 40.0 Å². The van der Waals surface area contributed by atoms with Crippen molar-refractivity contribution in [3.63, 3.8) is 0 Å². The summed E-state index contributed by atoms with van der Waals surface area (Å²) in [5.41, 5.74) is 9.36. The second kappa shape index (κ2) is 6.08. The summed E-state index contributed by atoms with van der Waals surface area (Å²) in [6, 6.07) is 8.40. The highest BCUT2D eigenvalue weighted by atomic mass is 127. The van der Waals surface area contributed by atoms with E-state index in [1.165, 1.54) is 5.56 Å². The van der Waals surface area contributed by atoms with Gasteiger partial charge in [0.1, 0.15) is 5.82 Å². The van der Waals surface area contributed by atoms with Crippen molar-refractivity contribution in [3.05, 3.63) is 39.1 Å². The first kappa shape index (κ1) is 15.2. The summed E-state index contributed by atoms with van der Waals surface area (Å²) in [5, 5.41) is 0. The topological polar surface area (TPSA) is 51.8 Å². The van der Waals surface area contributed by atoms with Crippen LogP contribution in [0.5, 0.6) is 0 Å². The molecule has 1 aromatic carbocycles. The van der Waals surface area contributed by atoms with E-state index in [-0.39, 0.29) is 0 Å². The molecule has 2 aromatic rings. The van der Waals surface area contributed by atoms with Crippen LogP contribution >= 0.6 is 22.6 Å². The normalized spacial score (nSPS) is 11.3. The second-order valence-electron chi connectivity index (χ2n) is 5.56. The molecule has 0 bridgehead atoms. The Morgan fingerprint density at radius 2 is 1.55 bits per heavy atom. The van der Waals surface area contributed by atoms with Crippen LogP contribution in [0.2, 0.25) is 0 Å². The number of hydrogen-bond acceptors (Lipinski definition) is 3. The number of nitrogens with zero attached hydrogens (tertiary/aromatic N) is 2. The molecule has 4 heteroatoms. The van der Waals surface area contributed by atoms with E-state index in [0.717, 1.165) is 14.8 Å². The number of nitrogen functional groups attached to an aromatic ring is 1.